The summed E-state index contributed by atoms with van der Waals surface area (Å²) in [6, 6.07) is 0. The SMILES string of the molecule is C=C(C)/C=C1/CCC(C)CC1=C.CC. The quantitative estimate of drug-likeness (QED) is 0.555. The minimum absolute atomic E-state index is 0.819. The van der Waals surface area contributed by atoms with Crippen molar-refractivity contribution in [2.45, 2.75) is 47.0 Å². The summed E-state index contributed by atoms with van der Waals surface area (Å²) < 4.78 is 0. The number of rotatable bonds is 1. The van der Waals surface area contributed by atoms with Gasteiger partial charge in [0.25, 0.3) is 0 Å². The van der Waals surface area contributed by atoms with Gasteiger partial charge in [-0.05, 0) is 37.7 Å². The fourth-order valence-corrected chi connectivity index (χ4v) is 1.70. The first-order valence-electron chi connectivity index (χ1n) is 5.64. The molecule has 1 aliphatic carbocycles. The predicted molar refractivity (Wildman–Crippen MR) is 66.4 cm³/mol. The zero-order valence-electron chi connectivity index (χ0n) is 10.2. The molecule has 14 heavy (non-hydrogen) atoms. The first-order chi connectivity index (χ1) is 6.59. The molecule has 1 aliphatic rings. The molecule has 0 nitrogen and oxygen atoms in total. The van der Waals surface area contributed by atoms with E-state index in [1.54, 1.807) is 0 Å². The summed E-state index contributed by atoms with van der Waals surface area (Å²) in [7, 11) is 0. The van der Waals surface area contributed by atoms with Gasteiger partial charge in [0.2, 0.25) is 0 Å². The van der Waals surface area contributed by atoms with Crippen molar-refractivity contribution in [1.82, 2.24) is 0 Å². The lowest BCUT2D eigenvalue weighted by Gasteiger charge is -2.22. The zero-order chi connectivity index (χ0) is 11.1. The summed E-state index contributed by atoms with van der Waals surface area (Å²) in [6.45, 7) is 16.3. The summed E-state index contributed by atoms with van der Waals surface area (Å²) in [5.41, 5.74) is 3.87. The van der Waals surface area contributed by atoms with Crippen LogP contribution in [0.2, 0.25) is 0 Å². The second-order valence-corrected chi connectivity index (χ2v) is 3.97. The monoisotopic (exact) mass is 192 g/mol. The highest BCUT2D eigenvalue weighted by atomic mass is 14.2. The van der Waals surface area contributed by atoms with E-state index in [0.29, 0.717) is 0 Å². The van der Waals surface area contributed by atoms with Crippen molar-refractivity contribution in [3.63, 3.8) is 0 Å². The maximum atomic E-state index is 4.09. The summed E-state index contributed by atoms with van der Waals surface area (Å²) in [5.74, 6) is 0.819. The summed E-state index contributed by atoms with van der Waals surface area (Å²) in [5, 5.41) is 0. The molecule has 1 saturated carbocycles. The van der Waals surface area contributed by atoms with Crippen LogP contribution in [0.1, 0.15) is 47.0 Å². The van der Waals surface area contributed by atoms with Gasteiger partial charge in [-0.3, -0.25) is 0 Å². The number of hydrogen-bond acceptors (Lipinski definition) is 0. The lowest BCUT2D eigenvalue weighted by Crippen LogP contribution is -2.06. The molecule has 1 rings (SSSR count). The van der Waals surface area contributed by atoms with Gasteiger partial charge in [0.1, 0.15) is 0 Å². The van der Waals surface area contributed by atoms with Crippen molar-refractivity contribution in [2.75, 3.05) is 0 Å². The molecule has 0 heteroatoms. The Morgan fingerprint density at radius 2 is 2.00 bits per heavy atom. The van der Waals surface area contributed by atoms with E-state index in [-0.39, 0.29) is 0 Å². The molecule has 0 aromatic rings. The Hall–Kier alpha value is -0.780. The highest BCUT2D eigenvalue weighted by molar-refractivity contribution is 5.35. The Morgan fingerprint density at radius 1 is 1.43 bits per heavy atom. The molecule has 0 amide bonds. The van der Waals surface area contributed by atoms with Gasteiger partial charge in [0, 0.05) is 0 Å². The largest absolute Gasteiger partial charge is 0.0961 e. The van der Waals surface area contributed by atoms with Gasteiger partial charge in [-0.25, -0.2) is 0 Å². The average Bonchev–Trinajstić information content (AvgIpc) is 2.13. The topological polar surface area (TPSA) is 0 Å². The van der Waals surface area contributed by atoms with Crippen LogP contribution in [0, 0.1) is 5.92 Å². The normalized spacial score (nSPS) is 24.1. The van der Waals surface area contributed by atoms with Gasteiger partial charge in [0.05, 0.1) is 0 Å². The smallest absolute Gasteiger partial charge is 0.0256 e. The van der Waals surface area contributed by atoms with E-state index in [4.69, 9.17) is 0 Å². The van der Waals surface area contributed by atoms with Crippen LogP contribution in [-0.2, 0) is 0 Å². The Kier molecular flexibility index (Phi) is 6.27. The van der Waals surface area contributed by atoms with E-state index in [1.165, 1.54) is 30.4 Å². The third-order valence-corrected chi connectivity index (χ3v) is 2.38. The maximum Gasteiger partial charge on any atom is -0.0256 e. The Bertz CT molecular complexity index is 230. The molecule has 0 spiro atoms. The molecular weight excluding hydrogens is 168 g/mol. The van der Waals surface area contributed by atoms with Gasteiger partial charge < -0.3 is 0 Å². The average molecular weight is 192 g/mol. The van der Waals surface area contributed by atoms with E-state index < -0.39 is 0 Å². The molecule has 0 heterocycles. The minimum atomic E-state index is 0.819. The fourth-order valence-electron chi connectivity index (χ4n) is 1.70. The summed E-state index contributed by atoms with van der Waals surface area (Å²) >= 11 is 0. The summed E-state index contributed by atoms with van der Waals surface area (Å²) in [6.07, 6.45) is 5.83. The maximum absolute atomic E-state index is 4.09. The molecule has 1 unspecified atom stereocenters. The van der Waals surface area contributed by atoms with Crippen molar-refractivity contribution in [3.05, 3.63) is 36.0 Å². The highest BCUT2D eigenvalue weighted by Crippen LogP contribution is 2.31. The molecule has 0 N–H and O–H groups in total. The Balaban J connectivity index is 0.000000791. The van der Waals surface area contributed by atoms with Crippen LogP contribution in [0.25, 0.3) is 0 Å². The van der Waals surface area contributed by atoms with Crippen LogP contribution in [0.4, 0.5) is 0 Å². The third kappa shape index (κ3) is 4.45. The summed E-state index contributed by atoms with van der Waals surface area (Å²) in [4.78, 5) is 0. The lowest BCUT2D eigenvalue weighted by atomic mass is 9.83. The van der Waals surface area contributed by atoms with Crippen LogP contribution < -0.4 is 0 Å². The van der Waals surface area contributed by atoms with Crippen LogP contribution in [0.15, 0.2) is 36.0 Å². The van der Waals surface area contributed by atoms with E-state index in [1.807, 2.05) is 20.8 Å². The van der Waals surface area contributed by atoms with E-state index in [2.05, 4.69) is 26.2 Å². The molecule has 0 aromatic carbocycles. The van der Waals surface area contributed by atoms with Gasteiger partial charge in [-0.2, -0.15) is 0 Å². The van der Waals surface area contributed by atoms with Crippen LogP contribution in [-0.4, -0.2) is 0 Å². The standard InChI is InChI=1S/C12H18.C2H6/c1-9(2)7-12-6-5-10(3)8-11(12)4;1-2/h7,10H,1,4-6,8H2,2-3H3;1-2H3/b12-7-;. The lowest BCUT2D eigenvalue weighted by molar-refractivity contribution is 0.498. The van der Waals surface area contributed by atoms with E-state index in [9.17, 15) is 0 Å². The second-order valence-electron chi connectivity index (χ2n) is 3.97. The van der Waals surface area contributed by atoms with Crippen LogP contribution in [0.3, 0.4) is 0 Å². The Morgan fingerprint density at radius 3 is 2.43 bits per heavy atom. The zero-order valence-corrected chi connectivity index (χ0v) is 10.2. The van der Waals surface area contributed by atoms with Gasteiger partial charge in [-0.1, -0.05) is 51.2 Å². The van der Waals surface area contributed by atoms with Gasteiger partial charge >= 0.3 is 0 Å². The second kappa shape index (κ2) is 6.64. The number of hydrogen-bond donors (Lipinski definition) is 0. The van der Waals surface area contributed by atoms with Crippen molar-refractivity contribution in [3.8, 4) is 0 Å². The molecule has 80 valence electrons. The van der Waals surface area contributed by atoms with Crippen molar-refractivity contribution in [2.24, 2.45) is 5.92 Å². The van der Waals surface area contributed by atoms with Crippen molar-refractivity contribution >= 4 is 0 Å². The van der Waals surface area contributed by atoms with Gasteiger partial charge in [0.15, 0.2) is 0 Å². The van der Waals surface area contributed by atoms with Crippen molar-refractivity contribution in [1.29, 1.82) is 0 Å². The molecule has 1 atom stereocenters. The van der Waals surface area contributed by atoms with Crippen LogP contribution in [0.5, 0.6) is 0 Å². The third-order valence-electron chi connectivity index (χ3n) is 2.38. The molecule has 0 aromatic heterocycles. The highest BCUT2D eigenvalue weighted by Gasteiger charge is 2.15. The number of allylic oxidation sites excluding steroid dienone is 4. The first kappa shape index (κ1) is 13.2. The van der Waals surface area contributed by atoms with Crippen LogP contribution >= 0.6 is 0 Å². The predicted octanol–water partition coefficient (Wildman–Crippen LogP) is 4.89. The molecule has 0 aliphatic heterocycles. The van der Waals surface area contributed by atoms with Crippen molar-refractivity contribution < 1.29 is 0 Å². The molecule has 0 bridgehead atoms. The molecule has 1 fully saturated rings. The molecule has 0 radical (unpaired) electrons. The molecule has 0 saturated heterocycles. The van der Waals surface area contributed by atoms with Gasteiger partial charge in [-0.15, -0.1) is 0 Å². The van der Waals surface area contributed by atoms with E-state index in [0.717, 1.165) is 11.5 Å². The molecular formula is C14H24. The first-order valence-corrected chi connectivity index (χ1v) is 5.64. The van der Waals surface area contributed by atoms with E-state index >= 15 is 0 Å². The Labute approximate surface area is 89.4 Å². The minimum Gasteiger partial charge on any atom is -0.0961 e. The fraction of sp³-hybridized carbons (Fsp3) is 0.571.